The third-order valence-electron chi connectivity index (χ3n) is 3.09. The minimum atomic E-state index is -0.423. The summed E-state index contributed by atoms with van der Waals surface area (Å²) in [5.41, 5.74) is 2.38. The molecule has 0 saturated heterocycles. The molecule has 0 atom stereocenters. The number of benzene rings is 2. The van der Waals surface area contributed by atoms with Crippen molar-refractivity contribution < 1.29 is 19.1 Å². The van der Waals surface area contributed by atoms with Crippen molar-refractivity contribution in [1.29, 1.82) is 0 Å². The average molecular weight is 313 g/mol. The van der Waals surface area contributed by atoms with Gasteiger partial charge in [0.15, 0.2) is 6.61 Å². The maximum absolute atomic E-state index is 12.1. The lowest BCUT2D eigenvalue weighted by molar-refractivity contribution is -0.145. The molecule has 0 unspecified atom stereocenters. The number of carbonyl (C=O) groups is 2. The van der Waals surface area contributed by atoms with Crippen molar-refractivity contribution in [1.82, 2.24) is 0 Å². The molecule has 0 aliphatic carbocycles. The van der Waals surface area contributed by atoms with E-state index in [0.717, 1.165) is 11.3 Å². The highest BCUT2D eigenvalue weighted by atomic mass is 16.6. The Morgan fingerprint density at radius 3 is 2.26 bits per heavy atom. The molecule has 2 aromatic carbocycles. The fraction of sp³-hybridized carbons (Fsp3) is 0.222. The molecule has 2 aromatic rings. The summed E-state index contributed by atoms with van der Waals surface area (Å²) in [7, 11) is 0. The lowest BCUT2D eigenvalue weighted by atomic mass is 10.2. The summed E-state index contributed by atoms with van der Waals surface area (Å²) in [5, 5.41) is 2.82. The Hall–Kier alpha value is -2.82. The van der Waals surface area contributed by atoms with Crippen LogP contribution in [-0.2, 0) is 9.53 Å². The quantitative estimate of drug-likeness (QED) is 0.832. The zero-order valence-corrected chi connectivity index (χ0v) is 13.2. The molecular weight excluding hydrogens is 294 g/mol. The molecule has 0 fully saturated rings. The first kappa shape index (κ1) is 16.5. The first-order chi connectivity index (χ1) is 11.1. The van der Waals surface area contributed by atoms with E-state index in [1.54, 1.807) is 31.2 Å². The predicted octanol–water partition coefficient (Wildman–Crippen LogP) is 3.19. The maximum atomic E-state index is 12.1. The van der Waals surface area contributed by atoms with Crippen molar-refractivity contribution in [2.75, 3.05) is 18.5 Å². The van der Waals surface area contributed by atoms with Crippen LogP contribution in [0.5, 0.6) is 5.75 Å². The number of hydrogen-bond donors (Lipinski definition) is 1. The van der Waals surface area contributed by atoms with Gasteiger partial charge in [0.05, 0.1) is 6.61 Å². The second-order valence-electron chi connectivity index (χ2n) is 4.94. The largest absolute Gasteiger partial charge is 0.482 e. The Labute approximate surface area is 135 Å². The van der Waals surface area contributed by atoms with E-state index in [0.29, 0.717) is 17.9 Å². The lowest BCUT2D eigenvalue weighted by Crippen LogP contribution is -2.15. The van der Waals surface area contributed by atoms with Crippen molar-refractivity contribution in [3.63, 3.8) is 0 Å². The number of amides is 1. The molecule has 0 heterocycles. The summed E-state index contributed by atoms with van der Waals surface area (Å²) >= 11 is 0. The normalized spacial score (nSPS) is 10.0. The average Bonchev–Trinajstić information content (AvgIpc) is 2.56. The minimum absolute atomic E-state index is 0.150. The summed E-state index contributed by atoms with van der Waals surface area (Å²) in [6, 6.07) is 14.1. The van der Waals surface area contributed by atoms with Gasteiger partial charge in [0.25, 0.3) is 5.91 Å². The van der Waals surface area contributed by atoms with E-state index < -0.39 is 5.97 Å². The highest BCUT2D eigenvalue weighted by molar-refractivity contribution is 6.04. The van der Waals surface area contributed by atoms with Gasteiger partial charge in [-0.25, -0.2) is 4.79 Å². The fourth-order valence-corrected chi connectivity index (χ4v) is 1.89. The maximum Gasteiger partial charge on any atom is 0.344 e. The zero-order chi connectivity index (χ0) is 16.7. The van der Waals surface area contributed by atoms with Gasteiger partial charge in [-0.3, -0.25) is 4.79 Å². The highest BCUT2D eigenvalue weighted by Gasteiger charge is 2.07. The first-order valence-electron chi connectivity index (χ1n) is 7.35. The van der Waals surface area contributed by atoms with E-state index in [-0.39, 0.29) is 12.5 Å². The Morgan fingerprint density at radius 1 is 1.00 bits per heavy atom. The number of ether oxygens (including phenoxy) is 2. The summed E-state index contributed by atoms with van der Waals surface area (Å²) < 4.78 is 10.1. The highest BCUT2D eigenvalue weighted by Crippen LogP contribution is 2.15. The standard InChI is InChI=1S/C18H19NO4/c1-3-22-17(20)12-23-16-10-6-14(7-11-16)18(21)19-15-8-4-13(2)5-9-15/h4-11H,3,12H2,1-2H3,(H,19,21). The molecule has 1 N–H and O–H groups in total. The molecule has 0 aliphatic heterocycles. The topological polar surface area (TPSA) is 64.6 Å². The molecular formula is C18H19NO4. The summed E-state index contributed by atoms with van der Waals surface area (Å²) in [4.78, 5) is 23.3. The van der Waals surface area contributed by atoms with Gasteiger partial charge in [-0.05, 0) is 50.2 Å². The van der Waals surface area contributed by atoms with Gasteiger partial charge in [0, 0.05) is 11.3 Å². The van der Waals surface area contributed by atoms with Gasteiger partial charge in [-0.2, -0.15) is 0 Å². The van der Waals surface area contributed by atoms with Crippen molar-refractivity contribution in [3.05, 3.63) is 59.7 Å². The van der Waals surface area contributed by atoms with Gasteiger partial charge in [0.1, 0.15) is 5.75 Å². The smallest absolute Gasteiger partial charge is 0.344 e. The predicted molar refractivity (Wildman–Crippen MR) is 87.7 cm³/mol. The molecule has 0 aliphatic rings. The van der Waals surface area contributed by atoms with Gasteiger partial charge in [-0.15, -0.1) is 0 Å². The monoisotopic (exact) mass is 313 g/mol. The van der Waals surface area contributed by atoms with Crippen LogP contribution in [0.2, 0.25) is 0 Å². The molecule has 0 radical (unpaired) electrons. The molecule has 5 nitrogen and oxygen atoms in total. The third kappa shape index (κ3) is 5.14. The number of carbonyl (C=O) groups excluding carboxylic acids is 2. The Morgan fingerprint density at radius 2 is 1.65 bits per heavy atom. The van der Waals surface area contributed by atoms with E-state index in [2.05, 4.69) is 5.32 Å². The van der Waals surface area contributed by atoms with Crippen LogP contribution in [0.25, 0.3) is 0 Å². The van der Waals surface area contributed by atoms with E-state index in [1.165, 1.54) is 0 Å². The molecule has 23 heavy (non-hydrogen) atoms. The van der Waals surface area contributed by atoms with Crippen LogP contribution in [0.15, 0.2) is 48.5 Å². The van der Waals surface area contributed by atoms with Crippen LogP contribution in [0.3, 0.4) is 0 Å². The van der Waals surface area contributed by atoms with Crippen LogP contribution in [-0.4, -0.2) is 25.1 Å². The second kappa shape index (κ2) is 7.98. The number of nitrogens with one attached hydrogen (secondary N) is 1. The first-order valence-corrected chi connectivity index (χ1v) is 7.35. The van der Waals surface area contributed by atoms with Crippen molar-refractivity contribution >= 4 is 17.6 Å². The number of rotatable bonds is 6. The Balaban J connectivity index is 1.92. The summed E-state index contributed by atoms with van der Waals surface area (Å²) in [5.74, 6) is -0.121. The Kier molecular flexibility index (Phi) is 5.74. The van der Waals surface area contributed by atoms with E-state index in [9.17, 15) is 9.59 Å². The molecule has 5 heteroatoms. The van der Waals surface area contributed by atoms with Crippen molar-refractivity contribution in [2.45, 2.75) is 13.8 Å². The van der Waals surface area contributed by atoms with E-state index >= 15 is 0 Å². The van der Waals surface area contributed by atoms with Crippen LogP contribution in [0.1, 0.15) is 22.8 Å². The number of aryl methyl sites for hydroxylation is 1. The fourth-order valence-electron chi connectivity index (χ4n) is 1.89. The zero-order valence-electron chi connectivity index (χ0n) is 13.2. The molecule has 0 aromatic heterocycles. The SMILES string of the molecule is CCOC(=O)COc1ccc(C(=O)Nc2ccc(C)cc2)cc1. The Bertz CT molecular complexity index is 662. The van der Waals surface area contributed by atoms with E-state index in [4.69, 9.17) is 9.47 Å². The lowest BCUT2D eigenvalue weighted by Gasteiger charge is -2.08. The number of hydrogen-bond acceptors (Lipinski definition) is 4. The van der Waals surface area contributed by atoms with Crippen LogP contribution in [0, 0.1) is 6.92 Å². The van der Waals surface area contributed by atoms with Crippen LogP contribution >= 0.6 is 0 Å². The van der Waals surface area contributed by atoms with Gasteiger partial charge >= 0.3 is 5.97 Å². The van der Waals surface area contributed by atoms with Crippen molar-refractivity contribution in [2.24, 2.45) is 0 Å². The number of anilines is 1. The van der Waals surface area contributed by atoms with Crippen molar-refractivity contribution in [3.8, 4) is 5.75 Å². The molecule has 2 rings (SSSR count). The van der Waals surface area contributed by atoms with Gasteiger partial charge < -0.3 is 14.8 Å². The molecule has 1 amide bonds. The van der Waals surface area contributed by atoms with E-state index in [1.807, 2.05) is 31.2 Å². The number of esters is 1. The molecule has 0 saturated carbocycles. The van der Waals surface area contributed by atoms with Gasteiger partial charge in [-0.1, -0.05) is 17.7 Å². The summed E-state index contributed by atoms with van der Waals surface area (Å²) in [6.45, 7) is 3.89. The second-order valence-corrected chi connectivity index (χ2v) is 4.94. The minimum Gasteiger partial charge on any atom is -0.482 e. The molecule has 0 bridgehead atoms. The van der Waals surface area contributed by atoms with Crippen LogP contribution < -0.4 is 10.1 Å². The third-order valence-corrected chi connectivity index (χ3v) is 3.09. The van der Waals surface area contributed by atoms with Crippen LogP contribution in [0.4, 0.5) is 5.69 Å². The summed E-state index contributed by atoms with van der Waals surface area (Å²) in [6.07, 6.45) is 0. The molecule has 0 spiro atoms. The van der Waals surface area contributed by atoms with Gasteiger partial charge in [0.2, 0.25) is 0 Å². The molecule has 120 valence electrons.